The first-order chi connectivity index (χ1) is 10.4. The molecule has 0 aromatic heterocycles. The van der Waals surface area contributed by atoms with Crippen molar-refractivity contribution in [3.8, 4) is 0 Å². The third kappa shape index (κ3) is 3.64. The van der Waals surface area contributed by atoms with Crippen LogP contribution in [0.5, 0.6) is 0 Å². The van der Waals surface area contributed by atoms with Crippen molar-refractivity contribution in [2.45, 2.75) is 9.79 Å². The molecule has 0 aliphatic heterocycles. The van der Waals surface area contributed by atoms with Gasteiger partial charge in [0.25, 0.3) is 11.4 Å². The minimum absolute atomic E-state index is 0.0200. The monoisotopic (exact) mass is 376 g/mol. The van der Waals surface area contributed by atoms with Crippen LogP contribution in [0.2, 0.25) is 10.0 Å². The number of nitro groups is 2. The van der Waals surface area contributed by atoms with Gasteiger partial charge in [-0.05, 0) is 12.1 Å². The van der Waals surface area contributed by atoms with Gasteiger partial charge < -0.3 is 0 Å². The maximum absolute atomic E-state index is 10.8. The number of benzene rings is 2. The molecule has 0 heterocycles. The fourth-order valence-corrected chi connectivity index (χ4v) is 4.57. The van der Waals surface area contributed by atoms with E-state index < -0.39 is 9.85 Å². The third-order valence-corrected chi connectivity index (χ3v) is 5.97. The minimum atomic E-state index is -0.572. The molecule has 0 radical (unpaired) electrons. The van der Waals surface area contributed by atoms with Crippen molar-refractivity contribution >= 4 is 56.2 Å². The Hall–Kier alpha value is -1.48. The molecule has 0 amide bonds. The Balaban J connectivity index is 2.25. The molecule has 10 heteroatoms. The zero-order valence-electron chi connectivity index (χ0n) is 10.6. The Kier molecular flexibility index (Phi) is 5.52. The van der Waals surface area contributed by atoms with E-state index in [1.807, 2.05) is 0 Å². The van der Waals surface area contributed by atoms with Crippen molar-refractivity contribution < 1.29 is 9.85 Å². The highest BCUT2D eigenvalue weighted by Crippen LogP contribution is 2.46. The molecule has 0 unspecified atom stereocenters. The average Bonchev–Trinajstić information content (AvgIpc) is 2.46. The zero-order valence-corrected chi connectivity index (χ0v) is 13.7. The van der Waals surface area contributed by atoms with Gasteiger partial charge in [-0.1, -0.05) is 56.9 Å². The fraction of sp³-hybridized carbons (Fsp3) is 0. The van der Waals surface area contributed by atoms with Crippen LogP contribution in [0.4, 0.5) is 11.4 Å². The van der Waals surface area contributed by atoms with Gasteiger partial charge in [-0.15, -0.1) is 0 Å². The van der Waals surface area contributed by atoms with E-state index in [1.165, 1.54) is 24.3 Å². The van der Waals surface area contributed by atoms with E-state index in [1.54, 1.807) is 12.1 Å². The van der Waals surface area contributed by atoms with Crippen LogP contribution in [0.15, 0.2) is 46.2 Å². The van der Waals surface area contributed by atoms with Gasteiger partial charge in [0.1, 0.15) is 10.0 Å². The van der Waals surface area contributed by atoms with Crippen molar-refractivity contribution in [1.29, 1.82) is 0 Å². The van der Waals surface area contributed by atoms with E-state index in [4.69, 9.17) is 23.2 Å². The number of halogens is 2. The molecular formula is C12H6Cl2N2O4S2. The topological polar surface area (TPSA) is 86.3 Å². The molecule has 0 saturated heterocycles. The van der Waals surface area contributed by atoms with Gasteiger partial charge in [-0.2, -0.15) is 0 Å². The van der Waals surface area contributed by atoms with Gasteiger partial charge in [0.2, 0.25) is 0 Å². The predicted octanol–water partition coefficient (Wildman–Crippen LogP) is 5.61. The SMILES string of the molecule is O=[N+]([O-])c1cccc(SSc2cccc([N+](=O)[O-])c2Cl)c1Cl. The second-order valence-electron chi connectivity index (χ2n) is 3.86. The Bertz CT molecular complexity index is 694. The van der Waals surface area contributed by atoms with Crippen LogP contribution in [0.25, 0.3) is 0 Å². The van der Waals surface area contributed by atoms with E-state index in [0.29, 0.717) is 9.79 Å². The summed E-state index contributed by atoms with van der Waals surface area (Å²) in [4.78, 5) is 21.5. The van der Waals surface area contributed by atoms with E-state index >= 15 is 0 Å². The molecule has 0 fully saturated rings. The van der Waals surface area contributed by atoms with Gasteiger partial charge in [-0.25, -0.2) is 0 Å². The van der Waals surface area contributed by atoms with Crippen molar-refractivity contribution in [2.24, 2.45) is 0 Å². The van der Waals surface area contributed by atoms with E-state index in [0.717, 1.165) is 21.6 Å². The summed E-state index contributed by atoms with van der Waals surface area (Å²) >= 11 is 11.9. The summed E-state index contributed by atoms with van der Waals surface area (Å²) in [6.07, 6.45) is 0. The van der Waals surface area contributed by atoms with Crippen LogP contribution < -0.4 is 0 Å². The Morgan fingerprint density at radius 3 is 1.45 bits per heavy atom. The first-order valence-electron chi connectivity index (χ1n) is 5.62. The summed E-state index contributed by atoms with van der Waals surface area (Å²) in [5.41, 5.74) is -0.394. The fourth-order valence-electron chi connectivity index (χ4n) is 1.50. The van der Waals surface area contributed by atoms with Crippen LogP contribution in [0, 0.1) is 20.2 Å². The Morgan fingerprint density at radius 2 is 1.14 bits per heavy atom. The zero-order chi connectivity index (χ0) is 16.3. The lowest BCUT2D eigenvalue weighted by molar-refractivity contribution is -0.385. The maximum Gasteiger partial charge on any atom is 0.289 e. The second kappa shape index (κ2) is 7.19. The summed E-state index contributed by atoms with van der Waals surface area (Å²) in [5.74, 6) is 0. The summed E-state index contributed by atoms with van der Waals surface area (Å²) in [6, 6.07) is 8.88. The van der Waals surface area contributed by atoms with E-state index in [2.05, 4.69) is 0 Å². The number of hydrogen-bond acceptors (Lipinski definition) is 6. The second-order valence-corrected chi connectivity index (χ2v) is 6.83. The molecular weight excluding hydrogens is 371 g/mol. The Morgan fingerprint density at radius 1 is 0.773 bits per heavy atom. The van der Waals surface area contributed by atoms with Gasteiger partial charge >= 0.3 is 0 Å². The third-order valence-electron chi connectivity index (χ3n) is 2.50. The highest BCUT2D eigenvalue weighted by Gasteiger charge is 2.19. The molecule has 22 heavy (non-hydrogen) atoms. The normalized spacial score (nSPS) is 10.5. The lowest BCUT2D eigenvalue weighted by atomic mass is 10.3. The highest BCUT2D eigenvalue weighted by molar-refractivity contribution is 8.76. The average molecular weight is 377 g/mol. The van der Waals surface area contributed by atoms with Gasteiger partial charge in [0.15, 0.2) is 0 Å². The molecule has 0 atom stereocenters. The number of nitro benzene ring substituents is 2. The lowest BCUT2D eigenvalue weighted by Gasteiger charge is -2.05. The number of rotatable bonds is 5. The molecule has 6 nitrogen and oxygen atoms in total. The van der Waals surface area contributed by atoms with Crippen molar-refractivity contribution in [2.75, 3.05) is 0 Å². The quantitative estimate of drug-likeness (QED) is 0.382. The van der Waals surface area contributed by atoms with E-state index in [-0.39, 0.29) is 21.4 Å². The van der Waals surface area contributed by atoms with Crippen LogP contribution >= 0.6 is 44.8 Å². The van der Waals surface area contributed by atoms with Crippen LogP contribution in [-0.4, -0.2) is 9.85 Å². The van der Waals surface area contributed by atoms with Crippen LogP contribution in [-0.2, 0) is 0 Å². The predicted molar refractivity (Wildman–Crippen MR) is 87.9 cm³/mol. The standard InChI is InChI=1S/C12H6Cl2N2O4S2/c13-11-7(15(17)18)3-1-5-9(11)21-22-10-6-2-4-8(12(10)14)16(19)20/h1-6H. The molecule has 0 aliphatic rings. The first-order valence-corrected chi connectivity index (χ1v) is 8.52. The summed E-state index contributed by atoms with van der Waals surface area (Å²) in [7, 11) is 2.28. The smallest absolute Gasteiger partial charge is 0.258 e. The van der Waals surface area contributed by atoms with E-state index in [9.17, 15) is 20.2 Å². The van der Waals surface area contributed by atoms with Gasteiger partial charge in [0, 0.05) is 21.9 Å². The first kappa shape index (κ1) is 16.9. The van der Waals surface area contributed by atoms with Gasteiger partial charge in [0.05, 0.1) is 9.85 Å². The number of nitrogens with zero attached hydrogens (tertiary/aromatic N) is 2. The Labute approximate surface area is 142 Å². The molecule has 0 aliphatic carbocycles. The molecule has 0 bridgehead atoms. The minimum Gasteiger partial charge on any atom is -0.258 e. The summed E-state index contributed by atoms with van der Waals surface area (Å²) in [6.45, 7) is 0. The molecule has 2 aromatic rings. The molecule has 0 N–H and O–H groups in total. The van der Waals surface area contributed by atoms with Gasteiger partial charge in [-0.3, -0.25) is 20.2 Å². The van der Waals surface area contributed by atoms with Crippen LogP contribution in [0.3, 0.4) is 0 Å². The molecule has 0 spiro atoms. The molecule has 2 aromatic carbocycles. The summed E-state index contributed by atoms with van der Waals surface area (Å²) in [5, 5.41) is 21.7. The van der Waals surface area contributed by atoms with Crippen molar-refractivity contribution in [1.82, 2.24) is 0 Å². The van der Waals surface area contributed by atoms with Crippen molar-refractivity contribution in [3.63, 3.8) is 0 Å². The maximum atomic E-state index is 10.8. The van der Waals surface area contributed by atoms with Crippen molar-refractivity contribution in [3.05, 3.63) is 66.7 Å². The molecule has 2 rings (SSSR count). The summed E-state index contributed by atoms with van der Waals surface area (Å²) < 4.78 is 0. The largest absolute Gasteiger partial charge is 0.289 e. The highest BCUT2D eigenvalue weighted by atomic mass is 35.5. The van der Waals surface area contributed by atoms with Crippen LogP contribution in [0.1, 0.15) is 0 Å². The number of hydrogen-bond donors (Lipinski definition) is 0. The molecule has 0 saturated carbocycles. The molecule has 114 valence electrons. The lowest BCUT2D eigenvalue weighted by Crippen LogP contribution is -1.90.